The molecule has 3 aromatic rings. The number of benzene rings is 1. The van der Waals surface area contributed by atoms with Crippen LogP contribution in [0.5, 0.6) is 0 Å². The minimum absolute atomic E-state index is 0.0589. The summed E-state index contributed by atoms with van der Waals surface area (Å²) in [5.41, 5.74) is 8.96. The molecule has 136 valence electrons. The molecule has 2 heterocycles. The fraction of sp³-hybridized carbons (Fsp3) is 0.222. The first kappa shape index (κ1) is 18.9. The predicted octanol–water partition coefficient (Wildman–Crippen LogP) is 4.38. The van der Waals surface area contributed by atoms with E-state index in [1.807, 2.05) is 29.0 Å². The van der Waals surface area contributed by atoms with Gasteiger partial charge in [0.2, 0.25) is 0 Å². The van der Waals surface area contributed by atoms with Gasteiger partial charge in [0.15, 0.2) is 0 Å². The number of aliphatic hydroxyl groups is 1. The lowest BCUT2D eigenvalue weighted by atomic mass is 10.2. The van der Waals surface area contributed by atoms with Gasteiger partial charge in [-0.25, -0.2) is 4.98 Å². The van der Waals surface area contributed by atoms with Gasteiger partial charge in [-0.3, -0.25) is 4.79 Å². The molecule has 26 heavy (non-hydrogen) atoms. The van der Waals surface area contributed by atoms with E-state index in [0.29, 0.717) is 28.6 Å². The van der Waals surface area contributed by atoms with E-state index in [2.05, 4.69) is 4.98 Å². The zero-order valence-corrected chi connectivity index (χ0v) is 16.3. The summed E-state index contributed by atoms with van der Waals surface area (Å²) in [6, 6.07) is 7.16. The monoisotopic (exact) mass is 409 g/mol. The average Bonchev–Trinajstić information content (AvgIpc) is 3.20. The Morgan fingerprint density at radius 3 is 2.85 bits per heavy atom. The van der Waals surface area contributed by atoms with Crippen LogP contribution in [-0.4, -0.2) is 27.2 Å². The second-order valence-corrected chi connectivity index (χ2v) is 7.40. The molecule has 0 fully saturated rings. The highest BCUT2D eigenvalue weighted by Crippen LogP contribution is 2.37. The number of nitrogens with two attached hydrogens (primary N) is 1. The Kier molecular flexibility index (Phi) is 5.67. The lowest BCUT2D eigenvalue weighted by Crippen LogP contribution is -2.12. The first-order chi connectivity index (χ1) is 12.4. The Bertz CT molecular complexity index is 965. The third-order valence-corrected chi connectivity index (χ3v) is 5.81. The lowest BCUT2D eigenvalue weighted by molar-refractivity contribution is 0.0999. The lowest BCUT2D eigenvalue weighted by Gasteiger charge is -2.09. The van der Waals surface area contributed by atoms with Gasteiger partial charge in [0.05, 0.1) is 27.0 Å². The van der Waals surface area contributed by atoms with Crippen molar-refractivity contribution in [2.24, 2.45) is 5.73 Å². The van der Waals surface area contributed by atoms with Gasteiger partial charge < -0.3 is 15.4 Å². The Morgan fingerprint density at radius 2 is 2.15 bits per heavy atom. The highest BCUT2D eigenvalue weighted by atomic mass is 35.5. The molecule has 0 aliphatic heterocycles. The summed E-state index contributed by atoms with van der Waals surface area (Å²) in [6.07, 6.45) is 0.567. The molecule has 0 bridgehead atoms. The topological polar surface area (TPSA) is 81.1 Å². The van der Waals surface area contributed by atoms with Crippen LogP contribution in [0.15, 0.2) is 29.6 Å². The third kappa shape index (κ3) is 3.50. The van der Waals surface area contributed by atoms with E-state index in [1.165, 1.54) is 11.3 Å². The number of amides is 1. The average molecular weight is 410 g/mol. The minimum atomic E-state index is -0.486. The third-order valence-electron chi connectivity index (χ3n) is 4.12. The van der Waals surface area contributed by atoms with Crippen LogP contribution in [0.2, 0.25) is 10.0 Å². The quantitative estimate of drug-likeness (QED) is 0.633. The minimum Gasteiger partial charge on any atom is -0.396 e. The highest BCUT2D eigenvalue weighted by molar-refractivity contribution is 7.13. The van der Waals surface area contributed by atoms with Crippen LogP contribution in [0.25, 0.3) is 22.0 Å². The van der Waals surface area contributed by atoms with Gasteiger partial charge in [-0.2, -0.15) is 0 Å². The van der Waals surface area contributed by atoms with Crippen LogP contribution < -0.4 is 5.73 Å². The van der Waals surface area contributed by atoms with Gasteiger partial charge in [-0.15, -0.1) is 11.3 Å². The molecule has 3 rings (SSSR count). The largest absolute Gasteiger partial charge is 0.396 e. The molecule has 0 radical (unpaired) electrons. The molecule has 8 heteroatoms. The van der Waals surface area contributed by atoms with Crippen molar-refractivity contribution in [2.45, 2.75) is 19.9 Å². The van der Waals surface area contributed by atoms with Crippen molar-refractivity contribution in [3.05, 3.63) is 50.9 Å². The van der Waals surface area contributed by atoms with Crippen LogP contribution in [0.3, 0.4) is 0 Å². The van der Waals surface area contributed by atoms with Gasteiger partial charge >= 0.3 is 0 Å². The standard InChI is InChI=1S/C18H17Cl2N3O2S/c1-10-12(17(21)25)8-15(23(10)6-3-7-24)14-9-26-18(22-14)11-4-2-5-13(19)16(11)20/h2,4-5,8-9,24H,3,6-7H2,1H3,(H2,21,25). The summed E-state index contributed by atoms with van der Waals surface area (Å²) in [5, 5.41) is 12.7. The summed E-state index contributed by atoms with van der Waals surface area (Å²) in [7, 11) is 0. The number of hydrogen-bond acceptors (Lipinski definition) is 4. The summed E-state index contributed by atoms with van der Waals surface area (Å²) in [6.45, 7) is 2.46. The van der Waals surface area contributed by atoms with E-state index in [-0.39, 0.29) is 6.61 Å². The molecule has 1 aromatic carbocycles. The molecular weight excluding hydrogens is 393 g/mol. The van der Waals surface area contributed by atoms with Crippen LogP contribution in [0.1, 0.15) is 22.5 Å². The van der Waals surface area contributed by atoms with E-state index < -0.39 is 5.91 Å². The summed E-state index contributed by atoms with van der Waals surface area (Å²) in [5.74, 6) is -0.486. The molecule has 0 saturated heterocycles. The van der Waals surface area contributed by atoms with E-state index in [0.717, 1.165) is 27.7 Å². The number of carbonyl (C=O) groups is 1. The van der Waals surface area contributed by atoms with Gasteiger partial charge in [-0.05, 0) is 25.5 Å². The first-order valence-electron chi connectivity index (χ1n) is 7.95. The summed E-state index contributed by atoms with van der Waals surface area (Å²) >= 11 is 13.8. The number of rotatable bonds is 6. The van der Waals surface area contributed by atoms with Crippen molar-refractivity contribution in [1.82, 2.24) is 9.55 Å². The fourth-order valence-electron chi connectivity index (χ4n) is 2.81. The SMILES string of the molecule is Cc1c(C(N)=O)cc(-c2csc(-c3cccc(Cl)c3Cl)n2)n1CCCO. The maximum absolute atomic E-state index is 11.7. The molecule has 0 spiro atoms. The van der Waals surface area contributed by atoms with Crippen molar-refractivity contribution in [1.29, 1.82) is 0 Å². The molecular formula is C18H17Cl2N3O2S. The van der Waals surface area contributed by atoms with Gasteiger partial charge in [0, 0.05) is 29.8 Å². The van der Waals surface area contributed by atoms with Crippen LogP contribution in [-0.2, 0) is 6.54 Å². The number of nitrogens with zero attached hydrogens (tertiary/aromatic N) is 2. The molecule has 5 nitrogen and oxygen atoms in total. The number of aliphatic hydroxyl groups excluding tert-OH is 1. The number of aromatic nitrogens is 2. The molecule has 3 N–H and O–H groups in total. The fourth-order valence-corrected chi connectivity index (χ4v) is 4.10. The first-order valence-corrected chi connectivity index (χ1v) is 9.58. The summed E-state index contributed by atoms with van der Waals surface area (Å²) in [4.78, 5) is 16.4. The smallest absolute Gasteiger partial charge is 0.250 e. The number of halogens is 2. The van der Waals surface area contributed by atoms with Crippen molar-refractivity contribution < 1.29 is 9.90 Å². The zero-order valence-electron chi connectivity index (χ0n) is 14.0. The summed E-state index contributed by atoms with van der Waals surface area (Å²) < 4.78 is 1.95. The number of primary amides is 1. The Hall–Kier alpha value is -1.86. The van der Waals surface area contributed by atoms with Crippen molar-refractivity contribution in [2.75, 3.05) is 6.61 Å². The highest BCUT2D eigenvalue weighted by Gasteiger charge is 2.19. The second kappa shape index (κ2) is 7.80. The van der Waals surface area contributed by atoms with Gasteiger partial charge in [0.25, 0.3) is 5.91 Å². The Morgan fingerprint density at radius 1 is 1.38 bits per heavy atom. The van der Waals surface area contributed by atoms with Gasteiger partial charge in [-0.1, -0.05) is 35.3 Å². The van der Waals surface area contributed by atoms with Gasteiger partial charge in [0.1, 0.15) is 5.01 Å². The van der Waals surface area contributed by atoms with Crippen molar-refractivity contribution in [3.63, 3.8) is 0 Å². The maximum Gasteiger partial charge on any atom is 0.250 e. The molecule has 0 unspecified atom stereocenters. The molecule has 0 atom stereocenters. The van der Waals surface area contributed by atoms with E-state index in [4.69, 9.17) is 34.0 Å². The molecule has 1 amide bonds. The Balaban J connectivity index is 2.07. The van der Waals surface area contributed by atoms with Crippen LogP contribution in [0, 0.1) is 6.92 Å². The zero-order chi connectivity index (χ0) is 18.8. The Labute approximate surface area is 165 Å². The van der Waals surface area contributed by atoms with E-state index >= 15 is 0 Å². The van der Waals surface area contributed by atoms with Crippen LogP contribution in [0.4, 0.5) is 0 Å². The number of carbonyl (C=O) groups excluding carboxylic acids is 1. The normalized spacial score (nSPS) is 11.1. The predicted molar refractivity (Wildman–Crippen MR) is 106 cm³/mol. The van der Waals surface area contributed by atoms with Crippen molar-refractivity contribution >= 4 is 40.4 Å². The van der Waals surface area contributed by atoms with Crippen LogP contribution >= 0.6 is 34.5 Å². The second-order valence-electron chi connectivity index (χ2n) is 5.76. The molecule has 0 saturated carbocycles. The van der Waals surface area contributed by atoms with Crippen molar-refractivity contribution in [3.8, 4) is 22.0 Å². The maximum atomic E-state index is 11.7. The molecule has 0 aliphatic carbocycles. The van der Waals surface area contributed by atoms with E-state index in [9.17, 15) is 4.79 Å². The number of thiazole rings is 1. The van der Waals surface area contributed by atoms with E-state index in [1.54, 1.807) is 12.1 Å². The number of hydrogen-bond donors (Lipinski definition) is 2. The molecule has 2 aromatic heterocycles. The molecule has 0 aliphatic rings.